The van der Waals surface area contributed by atoms with Gasteiger partial charge in [-0.25, -0.2) is 4.39 Å². The molecule has 2 aliphatic heterocycles. The number of carbonyl (C=O) groups is 1. The molecule has 0 spiro atoms. The van der Waals surface area contributed by atoms with E-state index in [0.29, 0.717) is 23.7 Å². The van der Waals surface area contributed by atoms with Crippen molar-refractivity contribution in [3.05, 3.63) is 47.3 Å². The van der Waals surface area contributed by atoms with Crippen molar-refractivity contribution in [1.29, 1.82) is 0 Å². The third-order valence-electron chi connectivity index (χ3n) is 5.78. The van der Waals surface area contributed by atoms with Crippen molar-refractivity contribution in [2.45, 2.75) is 38.4 Å². The van der Waals surface area contributed by atoms with Crippen LogP contribution in [0.1, 0.15) is 34.8 Å². The van der Waals surface area contributed by atoms with Crippen LogP contribution in [0.15, 0.2) is 24.3 Å². The average Bonchev–Trinajstić information content (AvgIpc) is 3.20. The topological polar surface area (TPSA) is 63.1 Å². The first-order valence-electron chi connectivity index (χ1n) is 9.35. The van der Waals surface area contributed by atoms with E-state index in [4.69, 9.17) is 0 Å². The Balaban J connectivity index is 1.27. The Bertz CT molecular complexity index is 829. The molecular formula is C19H22FN5O. The maximum Gasteiger partial charge on any atom is 0.289 e. The molecule has 26 heavy (non-hydrogen) atoms. The molecule has 1 aromatic heterocycles. The molecule has 1 saturated carbocycles. The molecular weight excluding hydrogens is 333 g/mol. The minimum absolute atomic E-state index is 0.0918. The summed E-state index contributed by atoms with van der Waals surface area (Å²) in [5.74, 6) is 2.15. The maximum atomic E-state index is 13.1. The first-order chi connectivity index (χ1) is 12.7. The number of likely N-dealkylation sites (tertiary alicyclic amines) is 1. The highest BCUT2D eigenvalue weighted by molar-refractivity contribution is 5.91. The zero-order valence-electron chi connectivity index (χ0n) is 14.6. The average molecular weight is 355 g/mol. The van der Waals surface area contributed by atoms with Crippen LogP contribution in [0.4, 0.5) is 4.39 Å². The van der Waals surface area contributed by atoms with Gasteiger partial charge in [0, 0.05) is 38.6 Å². The van der Waals surface area contributed by atoms with E-state index in [9.17, 15) is 9.18 Å². The number of nitrogens with one attached hydrogen (secondary N) is 1. The monoisotopic (exact) mass is 355 g/mol. The Morgan fingerprint density at radius 3 is 2.65 bits per heavy atom. The largest absolute Gasteiger partial charge is 0.347 e. The van der Waals surface area contributed by atoms with E-state index in [1.54, 1.807) is 0 Å². The van der Waals surface area contributed by atoms with Crippen LogP contribution in [0.3, 0.4) is 0 Å². The number of hydrogen-bond acceptors (Lipinski definition) is 4. The van der Waals surface area contributed by atoms with Crippen LogP contribution in [-0.4, -0.2) is 44.7 Å². The van der Waals surface area contributed by atoms with Gasteiger partial charge in [0.2, 0.25) is 5.82 Å². The summed E-state index contributed by atoms with van der Waals surface area (Å²) < 4.78 is 15.1. The molecule has 2 atom stereocenters. The van der Waals surface area contributed by atoms with E-state index in [1.807, 2.05) is 16.7 Å². The molecule has 0 radical (unpaired) electrons. The molecule has 1 aromatic carbocycles. The molecule has 0 unspecified atom stereocenters. The van der Waals surface area contributed by atoms with Gasteiger partial charge in [-0.3, -0.25) is 9.69 Å². The van der Waals surface area contributed by atoms with Crippen molar-refractivity contribution >= 4 is 5.91 Å². The molecule has 1 N–H and O–H groups in total. The van der Waals surface area contributed by atoms with Crippen LogP contribution in [0.5, 0.6) is 0 Å². The number of nitrogens with zero attached hydrogens (tertiary/aromatic N) is 4. The van der Waals surface area contributed by atoms with Crippen LogP contribution in [0.2, 0.25) is 0 Å². The number of amides is 1. The summed E-state index contributed by atoms with van der Waals surface area (Å²) in [6.07, 6.45) is 3.00. The number of carbonyl (C=O) groups excluding carboxylic acids is 1. The Morgan fingerprint density at radius 2 is 1.88 bits per heavy atom. The zero-order valence-corrected chi connectivity index (χ0v) is 14.6. The minimum atomic E-state index is -0.196. The third-order valence-corrected chi connectivity index (χ3v) is 5.78. The fourth-order valence-electron chi connectivity index (χ4n) is 4.24. The van der Waals surface area contributed by atoms with E-state index in [0.717, 1.165) is 56.8 Å². The highest BCUT2D eigenvalue weighted by Crippen LogP contribution is 2.33. The smallest absolute Gasteiger partial charge is 0.289 e. The van der Waals surface area contributed by atoms with Gasteiger partial charge in [0.1, 0.15) is 11.6 Å². The van der Waals surface area contributed by atoms with E-state index in [-0.39, 0.29) is 11.7 Å². The number of rotatable bonds is 4. The lowest BCUT2D eigenvalue weighted by molar-refractivity contribution is 0.0932. The Kier molecular flexibility index (Phi) is 3.77. The van der Waals surface area contributed by atoms with Crippen molar-refractivity contribution in [1.82, 2.24) is 25.0 Å². The van der Waals surface area contributed by atoms with Gasteiger partial charge >= 0.3 is 0 Å². The molecule has 3 heterocycles. The minimum Gasteiger partial charge on any atom is -0.347 e. The van der Waals surface area contributed by atoms with Crippen LogP contribution in [0, 0.1) is 17.7 Å². The van der Waals surface area contributed by atoms with E-state index < -0.39 is 0 Å². The molecule has 1 aliphatic carbocycles. The van der Waals surface area contributed by atoms with Crippen LogP contribution >= 0.6 is 0 Å². The van der Waals surface area contributed by atoms with Crippen molar-refractivity contribution in [3.63, 3.8) is 0 Å². The molecule has 7 heteroatoms. The van der Waals surface area contributed by atoms with Crippen molar-refractivity contribution in [2.75, 3.05) is 13.1 Å². The summed E-state index contributed by atoms with van der Waals surface area (Å²) in [4.78, 5) is 14.8. The molecule has 5 rings (SSSR count). The Hall–Kier alpha value is -2.28. The summed E-state index contributed by atoms with van der Waals surface area (Å²) in [5.41, 5.74) is 1.13. The van der Waals surface area contributed by atoms with Gasteiger partial charge < -0.3 is 9.88 Å². The standard InChI is InChI=1S/C19H22FN5O/c20-15-3-1-12(2-4-15)8-24-9-13-7-17-22-23-18(19(26)21-16-5-6-16)25(17)11-14(13)10-24/h1-4,13-14,16H,5-11H2,(H,21,26)/t13-,14-/m0/s1. The van der Waals surface area contributed by atoms with Gasteiger partial charge in [0.25, 0.3) is 5.91 Å². The van der Waals surface area contributed by atoms with Gasteiger partial charge in [-0.2, -0.15) is 0 Å². The lowest BCUT2D eigenvalue weighted by Gasteiger charge is -2.25. The second-order valence-electron chi connectivity index (χ2n) is 7.84. The molecule has 136 valence electrons. The molecule has 2 aromatic rings. The van der Waals surface area contributed by atoms with Crippen molar-refractivity contribution < 1.29 is 9.18 Å². The maximum absolute atomic E-state index is 13.1. The lowest BCUT2D eigenvalue weighted by atomic mass is 9.89. The Morgan fingerprint density at radius 1 is 1.12 bits per heavy atom. The summed E-state index contributed by atoms with van der Waals surface area (Å²) in [6.45, 7) is 3.64. The van der Waals surface area contributed by atoms with Gasteiger partial charge in [0.15, 0.2) is 0 Å². The van der Waals surface area contributed by atoms with Gasteiger partial charge in [-0.15, -0.1) is 10.2 Å². The van der Waals surface area contributed by atoms with Crippen LogP contribution in [0.25, 0.3) is 0 Å². The van der Waals surface area contributed by atoms with E-state index in [1.165, 1.54) is 12.1 Å². The number of halogens is 1. The summed E-state index contributed by atoms with van der Waals surface area (Å²) in [7, 11) is 0. The second kappa shape index (κ2) is 6.16. The third kappa shape index (κ3) is 3.00. The van der Waals surface area contributed by atoms with Crippen LogP contribution in [-0.2, 0) is 19.5 Å². The number of aromatic nitrogens is 3. The molecule has 2 fully saturated rings. The molecule has 1 saturated heterocycles. The fourth-order valence-corrected chi connectivity index (χ4v) is 4.24. The van der Waals surface area contributed by atoms with Crippen molar-refractivity contribution in [2.24, 2.45) is 11.8 Å². The zero-order chi connectivity index (χ0) is 17.7. The fraction of sp³-hybridized carbons (Fsp3) is 0.526. The highest BCUT2D eigenvalue weighted by atomic mass is 19.1. The van der Waals surface area contributed by atoms with Gasteiger partial charge in [-0.1, -0.05) is 12.1 Å². The van der Waals surface area contributed by atoms with Crippen molar-refractivity contribution in [3.8, 4) is 0 Å². The molecule has 0 bridgehead atoms. The van der Waals surface area contributed by atoms with E-state index >= 15 is 0 Å². The predicted molar refractivity (Wildman–Crippen MR) is 92.9 cm³/mol. The number of fused-ring (bicyclic) bond motifs is 2. The first kappa shape index (κ1) is 15.9. The molecule has 6 nitrogen and oxygen atoms in total. The number of benzene rings is 1. The highest BCUT2D eigenvalue weighted by Gasteiger charge is 2.39. The predicted octanol–water partition coefficient (Wildman–Crippen LogP) is 1.61. The molecule has 1 amide bonds. The first-order valence-corrected chi connectivity index (χ1v) is 9.35. The summed E-state index contributed by atoms with van der Waals surface area (Å²) in [6, 6.07) is 7.07. The summed E-state index contributed by atoms with van der Waals surface area (Å²) >= 11 is 0. The van der Waals surface area contributed by atoms with E-state index in [2.05, 4.69) is 20.4 Å². The lowest BCUT2D eigenvalue weighted by Crippen LogP contribution is -2.33. The van der Waals surface area contributed by atoms with Gasteiger partial charge in [-0.05, 0) is 42.4 Å². The van der Waals surface area contributed by atoms with Crippen LogP contribution < -0.4 is 5.32 Å². The Labute approximate surface area is 151 Å². The SMILES string of the molecule is O=C(NC1CC1)c1nnc2n1C[C@@H]1CN(Cc3ccc(F)cc3)C[C@@H]1C2. The molecule has 3 aliphatic rings. The number of hydrogen-bond donors (Lipinski definition) is 1. The second-order valence-corrected chi connectivity index (χ2v) is 7.84. The normalized spacial score (nSPS) is 25.0. The van der Waals surface area contributed by atoms with Gasteiger partial charge in [0.05, 0.1) is 0 Å². The quantitative estimate of drug-likeness (QED) is 0.905. The summed E-state index contributed by atoms with van der Waals surface area (Å²) in [5, 5.41) is 11.4.